The molecule has 0 spiro atoms. The molecule has 0 aliphatic carbocycles. The first kappa shape index (κ1) is 19.4. The second-order valence-electron chi connectivity index (χ2n) is 7.36. The Morgan fingerprint density at radius 2 is 1.83 bits per heavy atom. The number of nitrogens with zero attached hydrogens (tertiary/aromatic N) is 5. The lowest BCUT2D eigenvalue weighted by Crippen LogP contribution is -2.47. The third kappa shape index (κ3) is 3.58. The average Bonchev–Trinajstić information content (AvgIpc) is 3.12. The average molecular weight is 398 g/mol. The van der Waals surface area contributed by atoms with Crippen molar-refractivity contribution < 1.29 is 5.11 Å². The number of nitrogens with one attached hydrogen (secondary N) is 1. The summed E-state index contributed by atoms with van der Waals surface area (Å²) in [6.07, 6.45) is -0.805. The number of benzene rings is 1. The molecule has 1 aliphatic heterocycles. The number of hydrogen-bond donors (Lipinski definition) is 2. The summed E-state index contributed by atoms with van der Waals surface area (Å²) in [5, 5.41) is 10.8. The molecule has 0 bridgehead atoms. The van der Waals surface area contributed by atoms with Gasteiger partial charge in [0.15, 0.2) is 11.2 Å². The highest BCUT2D eigenvalue weighted by Gasteiger charge is 2.25. The van der Waals surface area contributed by atoms with Crippen LogP contribution < -0.4 is 16.1 Å². The number of imidazole rings is 1. The number of likely N-dealkylation sites (N-methyl/N-ethyl adjacent to an activating group) is 1. The maximum atomic E-state index is 12.6. The fourth-order valence-electron chi connectivity index (χ4n) is 3.86. The van der Waals surface area contributed by atoms with Gasteiger partial charge in [-0.2, -0.15) is 4.98 Å². The minimum absolute atomic E-state index is 0.172. The van der Waals surface area contributed by atoms with Gasteiger partial charge in [0.1, 0.15) is 0 Å². The van der Waals surface area contributed by atoms with E-state index in [0.29, 0.717) is 17.1 Å². The number of aromatic nitrogens is 4. The summed E-state index contributed by atoms with van der Waals surface area (Å²) in [7, 11) is 1.59. The van der Waals surface area contributed by atoms with E-state index < -0.39 is 17.4 Å². The quantitative estimate of drug-likeness (QED) is 0.641. The molecule has 4 rings (SSSR count). The van der Waals surface area contributed by atoms with Crippen molar-refractivity contribution in [3.05, 3.63) is 56.7 Å². The van der Waals surface area contributed by atoms with E-state index in [1.54, 1.807) is 11.6 Å². The van der Waals surface area contributed by atoms with Crippen molar-refractivity contribution in [2.75, 3.05) is 37.6 Å². The van der Waals surface area contributed by atoms with Gasteiger partial charge in [-0.05, 0) is 12.1 Å². The van der Waals surface area contributed by atoms with Crippen LogP contribution in [0.3, 0.4) is 0 Å². The molecule has 154 valence electrons. The molecule has 0 saturated carbocycles. The number of aliphatic hydroxyl groups excluding tert-OH is 1. The lowest BCUT2D eigenvalue weighted by molar-refractivity contribution is 0.158. The lowest BCUT2D eigenvalue weighted by atomic mass is 10.1. The van der Waals surface area contributed by atoms with Crippen LogP contribution in [0.5, 0.6) is 0 Å². The van der Waals surface area contributed by atoms with E-state index in [9.17, 15) is 14.7 Å². The largest absolute Gasteiger partial charge is 0.387 e. The van der Waals surface area contributed by atoms with Gasteiger partial charge in [0.25, 0.3) is 5.56 Å². The molecule has 0 amide bonds. The van der Waals surface area contributed by atoms with E-state index in [1.165, 1.54) is 4.57 Å². The normalized spacial score (nSPS) is 16.4. The summed E-state index contributed by atoms with van der Waals surface area (Å²) < 4.78 is 3.08. The van der Waals surface area contributed by atoms with Gasteiger partial charge in [0.05, 0.1) is 12.6 Å². The highest BCUT2D eigenvalue weighted by molar-refractivity contribution is 5.74. The van der Waals surface area contributed by atoms with Gasteiger partial charge in [0, 0.05) is 33.2 Å². The number of hydrogen-bond acceptors (Lipinski definition) is 6. The van der Waals surface area contributed by atoms with Crippen LogP contribution in [0, 0.1) is 0 Å². The van der Waals surface area contributed by atoms with E-state index in [1.807, 2.05) is 30.3 Å². The number of anilines is 1. The van der Waals surface area contributed by atoms with Crippen LogP contribution in [0.25, 0.3) is 11.2 Å². The summed E-state index contributed by atoms with van der Waals surface area (Å²) >= 11 is 0. The lowest BCUT2D eigenvalue weighted by Gasteiger charge is -2.35. The maximum absolute atomic E-state index is 12.6. The van der Waals surface area contributed by atoms with Crippen LogP contribution in [-0.2, 0) is 13.6 Å². The van der Waals surface area contributed by atoms with Crippen LogP contribution in [0.4, 0.5) is 5.95 Å². The molecule has 1 saturated heterocycles. The van der Waals surface area contributed by atoms with Crippen LogP contribution in [0.1, 0.15) is 18.6 Å². The van der Waals surface area contributed by atoms with Crippen molar-refractivity contribution >= 4 is 17.1 Å². The molecular weight excluding hydrogens is 372 g/mol. The molecule has 1 aromatic carbocycles. The Kier molecular flexibility index (Phi) is 5.25. The summed E-state index contributed by atoms with van der Waals surface area (Å²) in [6.45, 7) is 6.63. The fourth-order valence-corrected chi connectivity index (χ4v) is 3.86. The van der Waals surface area contributed by atoms with Crippen molar-refractivity contribution in [2.24, 2.45) is 7.05 Å². The third-order valence-corrected chi connectivity index (χ3v) is 5.63. The van der Waals surface area contributed by atoms with Crippen molar-refractivity contribution in [3.63, 3.8) is 0 Å². The number of fused-ring (bicyclic) bond motifs is 1. The van der Waals surface area contributed by atoms with Gasteiger partial charge >= 0.3 is 5.69 Å². The van der Waals surface area contributed by atoms with Crippen LogP contribution in [0.2, 0.25) is 0 Å². The summed E-state index contributed by atoms with van der Waals surface area (Å²) in [4.78, 5) is 36.2. The van der Waals surface area contributed by atoms with E-state index >= 15 is 0 Å². The van der Waals surface area contributed by atoms with Gasteiger partial charge in [0.2, 0.25) is 5.95 Å². The highest BCUT2D eigenvalue weighted by Crippen LogP contribution is 2.24. The zero-order chi connectivity index (χ0) is 20.5. The SMILES string of the molecule is CCN1CCN(c2nc3c(c(=O)[nH]c(=O)n3C)n2C[C@H](O)c2ccccc2)CC1. The molecule has 3 aromatic rings. The van der Waals surface area contributed by atoms with Crippen LogP contribution in [-0.4, -0.2) is 61.8 Å². The Balaban J connectivity index is 1.80. The Morgan fingerprint density at radius 3 is 2.48 bits per heavy atom. The molecule has 0 radical (unpaired) electrons. The van der Waals surface area contributed by atoms with Crippen molar-refractivity contribution in [3.8, 4) is 0 Å². The van der Waals surface area contributed by atoms with Gasteiger partial charge in [-0.1, -0.05) is 37.3 Å². The number of aromatic amines is 1. The van der Waals surface area contributed by atoms with Gasteiger partial charge in [-0.15, -0.1) is 0 Å². The van der Waals surface area contributed by atoms with Gasteiger partial charge < -0.3 is 19.5 Å². The number of aryl methyl sites for hydroxylation is 1. The first-order valence-electron chi connectivity index (χ1n) is 9.89. The predicted molar refractivity (Wildman–Crippen MR) is 111 cm³/mol. The molecule has 9 nitrogen and oxygen atoms in total. The minimum Gasteiger partial charge on any atom is -0.387 e. The molecule has 2 N–H and O–H groups in total. The smallest absolute Gasteiger partial charge is 0.329 e. The van der Waals surface area contributed by atoms with Crippen molar-refractivity contribution in [1.29, 1.82) is 0 Å². The molecular formula is C20H26N6O3. The summed E-state index contributed by atoms with van der Waals surface area (Å²) in [6, 6.07) is 9.33. The van der Waals surface area contributed by atoms with E-state index in [4.69, 9.17) is 0 Å². The monoisotopic (exact) mass is 398 g/mol. The molecule has 1 fully saturated rings. The molecule has 1 aliphatic rings. The maximum Gasteiger partial charge on any atom is 0.329 e. The van der Waals surface area contributed by atoms with Gasteiger partial charge in [-0.3, -0.25) is 14.3 Å². The molecule has 2 aromatic heterocycles. The third-order valence-electron chi connectivity index (χ3n) is 5.63. The molecule has 3 heterocycles. The number of aliphatic hydroxyl groups is 1. The number of rotatable bonds is 5. The topological polar surface area (TPSA) is 99.4 Å². The Morgan fingerprint density at radius 1 is 1.14 bits per heavy atom. The summed E-state index contributed by atoms with van der Waals surface area (Å²) in [5.41, 5.74) is 0.395. The number of piperazine rings is 1. The predicted octanol–water partition coefficient (Wildman–Crippen LogP) is 0.299. The van der Waals surface area contributed by atoms with Crippen LogP contribution in [0.15, 0.2) is 39.9 Å². The van der Waals surface area contributed by atoms with Crippen molar-refractivity contribution in [2.45, 2.75) is 19.6 Å². The Hall–Kier alpha value is -2.91. The van der Waals surface area contributed by atoms with E-state index in [2.05, 4.69) is 26.7 Å². The first-order chi connectivity index (χ1) is 14.0. The Bertz CT molecular complexity index is 1110. The second kappa shape index (κ2) is 7.84. The molecule has 29 heavy (non-hydrogen) atoms. The van der Waals surface area contributed by atoms with E-state index in [-0.39, 0.29) is 6.54 Å². The second-order valence-corrected chi connectivity index (χ2v) is 7.36. The molecule has 9 heteroatoms. The van der Waals surface area contributed by atoms with Crippen LogP contribution >= 0.6 is 0 Å². The van der Waals surface area contributed by atoms with E-state index in [0.717, 1.165) is 38.3 Å². The standard InChI is InChI=1S/C20H26N6O3/c1-3-24-9-11-25(12-10-24)19-21-17-16(18(28)22-20(29)23(17)2)26(19)13-15(27)14-7-5-4-6-8-14/h4-8,15,27H,3,9-13H2,1-2H3,(H,22,28,29)/t15-/m0/s1. The fraction of sp³-hybridized carbons (Fsp3) is 0.450. The first-order valence-corrected chi connectivity index (χ1v) is 9.89. The zero-order valence-electron chi connectivity index (χ0n) is 16.7. The van der Waals surface area contributed by atoms with Crippen molar-refractivity contribution in [1.82, 2.24) is 24.0 Å². The Labute approximate surface area is 167 Å². The molecule has 1 atom stereocenters. The minimum atomic E-state index is -0.805. The zero-order valence-corrected chi connectivity index (χ0v) is 16.7. The van der Waals surface area contributed by atoms with Gasteiger partial charge in [-0.25, -0.2) is 4.79 Å². The molecule has 0 unspecified atom stereocenters. The summed E-state index contributed by atoms with van der Waals surface area (Å²) in [5.74, 6) is 0.609. The number of H-pyrrole nitrogens is 1. The highest BCUT2D eigenvalue weighted by atomic mass is 16.3.